The molecule has 0 bridgehead atoms. The van der Waals surface area contributed by atoms with Gasteiger partial charge in [-0.2, -0.15) is 29.4 Å². The van der Waals surface area contributed by atoms with Crippen LogP contribution in [0.3, 0.4) is 0 Å². The molecule has 0 aromatic heterocycles. The van der Waals surface area contributed by atoms with Crippen molar-refractivity contribution >= 4 is 11.6 Å². The first kappa shape index (κ1) is 27.8. The van der Waals surface area contributed by atoms with Crippen LogP contribution in [0.4, 0.5) is 5.69 Å². The van der Waals surface area contributed by atoms with Gasteiger partial charge in [0, 0.05) is 34.6 Å². The van der Waals surface area contributed by atoms with Gasteiger partial charge < -0.3 is 31.8 Å². The van der Waals surface area contributed by atoms with Gasteiger partial charge in [0.15, 0.2) is 0 Å². The summed E-state index contributed by atoms with van der Waals surface area (Å²) in [6.45, 7) is 11.0. The number of hydrogen-bond acceptors (Lipinski definition) is 4. The van der Waals surface area contributed by atoms with Crippen molar-refractivity contribution < 1.29 is 31.9 Å². The maximum absolute atomic E-state index is 12.8. The Hall–Kier alpha value is -2.23. The molecular formula is C26H31N3NbO2-4. The normalized spacial score (nSPS) is 15.9. The van der Waals surface area contributed by atoms with Gasteiger partial charge >= 0.3 is 0 Å². The van der Waals surface area contributed by atoms with Gasteiger partial charge in [-0.1, -0.05) is 12.1 Å². The van der Waals surface area contributed by atoms with E-state index in [-0.39, 0.29) is 43.1 Å². The van der Waals surface area contributed by atoms with Gasteiger partial charge in [0.05, 0.1) is 22.8 Å². The Kier molecular flexibility index (Phi) is 10.1. The van der Waals surface area contributed by atoms with E-state index in [1.807, 2.05) is 30.3 Å². The van der Waals surface area contributed by atoms with Crippen LogP contribution in [0.1, 0.15) is 35.1 Å². The monoisotopic (exact) mass is 510 g/mol. The largest absolute Gasteiger partial charge is 0.494 e. The molecule has 2 aliphatic heterocycles. The molecule has 5 nitrogen and oxygen atoms in total. The molecule has 2 heterocycles. The van der Waals surface area contributed by atoms with Crippen LogP contribution in [0.5, 0.6) is 5.75 Å². The SMILES string of the molecule is [CH2-]Cc1cc(OCCN2CCC3(CC2)C(=O)Nc2ccc(C#N)cc23)ccc1[CH2-].[CH3-].[CH3-].[Nb]. The Morgan fingerprint density at radius 2 is 1.88 bits per heavy atom. The van der Waals surface area contributed by atoms with Gasteiger partial charge in [0.2, 0.25) is 5.91 Å². The Morgan fingerprint density at radius 3 is 2.53 bits per heavy atom. The Morgan fingerprint density at radius 1 is 1.16 bits per heavy atom. The summed E-state index contributed by atoms with van der Waals surface area (Å²) in [5, 5.41) is 12.2. The van der Waals surface area contributed by atoms with Gasteiger partial charge in [-0.05, 0) is 49.7 Å². The molecule has 0 unspecified atom stereocenters. The van der Waals surface area contributed by atoms with Crippen LogP contribution < -0.4 is 10.1 Å². The maximum atomic E-state index is 12.8. The number of carbonyl (C=O) groups excluding carboxylic acids is 1. The molecule has 6 heteroatoms. The van der Waals surface area contributed by atoms with E-state index in [0.717, 1.165) is 60.6 Å². The van der Waals surface area contributed by atoms with Crippen molar-refractivity contribution in [1.29, 1.82) is 5.26 Å². The third-order valence-electron chi connectivity index (χ3n) is 6.18. The molecule has 0 saturated carbocycles. The van der Waals surface area contributed by atoms with Gasteiger partial charge in [0.25, 0.3) is 0 Å². The molecule has 2 aliphatic rings. The summed E-state index contributed by atoms with van der Waals surface area (Å²) in [6.07, 6.45) is 2.20. The predicted octanol–water partition coefficient (Wildman–Crippen LogP) is 4.38. The number of ether oxygens (including phenoxy) is 1. The first-order valence-corrected chi connectivity index (χ1v) is 10.0. The first-order chi connectivity index (χ1) is 14.1. The fraction of sp³-hybridized carbons (Fsp3) is 0.308. The smallest absolute Gasteiger partial charge is 0.235 e. The van der Waals surface area contributed by atoms with E-state index < -0.39 is 5.41 Å². The molecule has 1 amide bonds. The summed E-state index contributed by atoms with van der Waals surface area (Å²) in [4.78, 5) is 15.1. The molecule has 1 N–H and O–H groups in total. The van der Waals surface area contributed by atoms with Crippen LogP contribution in [-0.4, -0.2) is 37.0 Å². The third-order valence-corrected chi connectivity index (χ3v) is 6.18. The van der Waals surface area contributed by atoms with Gasteiger partial charge in [0.1, 0.15) is 6.61 Å². The molecule has 171 valence electrons. The second-order valence-electron chi connectivity index (χ2n) is 7.78. The van der Waals surface area contributed by atoms with Crippen molar-refractivity contribution in [2.24, 2.45) is 0 Å². The van der Waals surface area contributed by atoms with Crippen LogP contribution >= 0.6 is 0 Å². The number of fused-ring (bicyclic) bond motifs is 2. The van der Waals surface area contributed by atoms with Crippen LogP contribution in [-0.2, 0) is 39.0 Å². The van der Waals surface area contributed by atoms with Gasteiger partial charge in [-0.15, -0.1) is 0 Å². The summed E-state index contributed by atoms with van der Waals surface area (Å²) in [6, 6.07) is 13.6. The number of nitriles is 1. The van der Waals surface area contributed by atoms with Gasteiger partial charge in [-0.3, -0.25) is 9.69 Å². The molecule has 4 rings (SSSR count). The summed E-state index contributed by atoms with van der Waals surface area (Å²) in [5.74, 6) is 0.908. The van der Waals surface area contributed by atoms with Gasteiger partial charge in [-0.25, -0.2) is 6.42 Å². The van der Waals surface area contributed by atoms with Crippen molar-refractivity contribution in [1.82, 2.24) is 4.90 Å². The minimum atomic E-state index is -0.507. The van der Waals surface area contributed by atoms with Crippen LogP contribution in [0.15, 0.2) is 36.4 Å². The number of rotatable bonds is 5. The van der Waals surface area contributed by atoms with Crippen molar-refractivity contribution in [3.8, 4) is 11.8 Å². The van der Waals surface area contributed by atoms with Crippen LogP contribution in [0, 0.1) is 40.0 Å². The number of amides is 1. The number of hydrogen-bond donors (Lipinski definition) is 1. The number of nitrogens with zero attached hydrogens (tertiary/aromatic N) is 2. The first-order valence-electron chi connectivity index (χ1n) is 10.0. The molecule has 1 spiro atoms. The number of benzene rings is 2. The third kappa shape index (κ3) is 5.22. The quantitative estimate of drug-likeness (QED) is 0.479. The zero-order valence-corrected chi connectivity index (χ0v) is 21.2. The minimum Gasteiger partial charge on any atom is -0.494 e. The molecule has 0 aliphatic carbocycles. The number of likely N-dealkylation sites (tertiary alicyclic amines) is 1. The molecule has 32 heavy (non-hydrogen) atoms. The average molecular weight is 510 g/mol. The summed E-state index contributed by atoms with van der Waals surface area (Å²) in [5.41, 5.74) is 4.01. The summed E-state index contributed by atoms with van der Waals surface area (Å²) < 4.78 is 5.92. The molecule has 2 aromatic rings. The second kappa shape index (κ2) is 11.6. The number of piperidine rings is 1. The van der Waals surface area contributed by atoms with E-state index >= 15 is 0 Å². The standard InChI is InChI=1S/C24H25N3O2.2CH3.Nb/c1-3-19-15-20(6-4-17(19)2)29-13-12-27-10-8-24(9-11-27)21-14-18(16-25)5-7-22(21)26-23(24)28;;;/h4-7,14-15H,1-3,8-13H2,(H,26,28);2*1H3;/q-2;2*-1;. The van der Waals surface area contributed by atoms with E-state index in [2.05, 4.69) is 30.1 Å². The second-order valence-corrected chi connectivity index (χ2v) is 7.78. The number of nitrogens with one attached hydrogen (secondary N) is 1. The molecule has 1 fully saturated rings. The molecule has 0 atom stereocenters. The van der Waals surface area contributed by atoms with E-state index in [0.29, 0.717) is 18.6 Å². The van der Waals surface area contributed by atoms with E-state index in [9.17, 15) is 10.1 Å². The average Bonchev–Trinajstić information content (AvgIpc) is 3.01. The van der Waals surface area contributed by atoms with Crippen LogP contribution in [0.2, 0.25) is 0 Å². The van der Waals surface area contributed by atoms with Crippen molar-refractivity contribution in [2.45, 2.75) is 24.7 Å². The van der Waals surface area contributed by atoms with E-state index in [1.54, 1.807) is 6.07 Å². The molecular weight excluding hydrogens is 479 g/mol. The fourth-order valence-electron chi connectivity index (χ4n) is 4.36. The Bertz CT molecular complexity index is 976. The Balaban J connectivity index is 0.00000171. The fourth-order valence-corrected chi connectivity index (χ4v) is 4.36. The number of carbonyl (C=O) groups is 1. The van der Waals surface area contributed by atoms with Crippen molar-refractivity contribution in [3.05, 3.63) is 87.4 Å². The van der Waals surface area contributed by atoms with E-state index in [4.69, 9.17) is 4.74 Å². The minimum absolute atomic E-state index is 0. The zero-order valence-electron chi connectivity index (χ0n) is 19.0. The topological polar surface area (TPSA) is 65.4 Å². The Labute approximate surface area is 208 Å². The van der Waals surface area contributed by atoms with Crippen molar-refractivity contribution in [2.75, 3.05) is 31.6 Å². The summed E-state index contributed by atoms with van der Waals surface area (Å²) >= 11 is 0. The number of anilines is 1. The zero-order chi connectivity index (χ0) is 20.4. The van der Waals surface area contributed by atoms with E-state index in [1.165, 1.54) is 0 Å². The maximum Gasteiger partial charge on any atom is 0.235 e. The molecule has 1 saturated heterocycles. The van der Waals surface area contributed by atoms with Crippen molar-refractivity contribution in [3.63, 3.8) is 0 Å². The molecule has 1 radical (unpaired) electrons. The molecule has 2 aromatic carbocycles. The predicted molar refractivity (Wildman–Crippen MR) is 125 cm³/mol. The summed E-state index contributed by atoms with van der Waals surface area (Å²) in [7, 11) is 0. The van der Waals surface area contributed by atoms with Crippen LogP contribution in [0.25, 0.3) is 0 Å².